The Hall–Kier alpha value is -2.42. The zero-order valence-electron chi connectivity index (χ0n) is 17.4. The van der Waals surface area contributed by atoms with Gasteiger partial charge < -0.3 is 9.30 Å². The molecule has 0 unspecified atom stereocenters. The van der Waals surface area contributed by atoms with Gasteiger partial charge in [-0.1, -0.05) is 70.2 Å². The molecule has 0 spiro atoms. The van der Waals surface area contributed by atoms with Gasteiger partial charge in [0.25, 0.3) is 5.91 Å². The minimum absolute atomic E-state index is 0.0859. The van der Waals surface area contributed by atoms with E-state index in [1.807, 2.05) is 65.4 Å². The SMILES string of the molecule is CCOC(=O)Cn1cc(/C=C2\SC(=S)N(CCc3ccccc3)C2=O)c2cc(Br)ccc21. The summed E-state index contributed by atoms with van der Waals surface area (Å²) in [5.41, 5.74) is 2.92. The Morgan fingerprint density at radius 3 is 2.75 bits per heavy atom. The molecule has 0 aliphatic carbocycles. The number of ether oxygens (including phenoxy) is 1. The average Bonchev–Trinajstić information content (AvgIpc) is 3.23. The van der Waals surface area contributed by atoms with Crippen molar-refractivity contribution >= 4 is 73.1 Å². The Morgan fingerprint density at radius 1 is 1.22 bits per heavy atom. The van der Waals surface area contributed by atoms with Crippen LogP contribution in [0.15, 0.2) is 64.1 Å². The normalized spacial score (nSPS) is 15.2. The van der Waals surface area contributed by atoms with Gasteiger partial charge in [0.1, 0.15) is 10.9 Å². The summed E-state index contributed by atoms with van der Waals surface area (Å²) in [5.74, 6) is -0.386. The lowest BCUT2D eigenvalue weighted by molar-refractivity contribution is -0.143. The second-order valence-electron chi connectivity index (χ2n) is 7.25. The molecule has 32 heavy (non-hydrogen) atoms. The molecule has 1 aliphatic heterocycles. The van der Waals surface area contributed by atoms with Gasteiger partial charge in [-0.3, -0.25) is 14.5 Å². The summed E-state index contributed by atoms with van der Waals surface area (Å²) in [7, 11) is 0. The highest BCUT2D eigenvalue weighted by Crippen LogP contribution is 2.35. The molecule has 3 aromatic rings. The van der Waals surface area contributed by atoms with Crippen molar-refractivity contribution in [1.29, 1.82) is 0 Å². The van der Waals surface area contributed by atoms with E-state index in [0.29, 0.717) is 22.4 Å². The lowest BCUT2D eigenvalue weighted by atomic mass is 10.1. The number of halogens is 1. The van der Waals surface area contributed by atoms with Crippen LogP contribution in [0.2, 0.25) is 0 Å². The minimum Gasteiger partial charge on any atom is -0.465 e. The van der Waals surface area contributed by atoms with E-state index in [0.717, 1.165) is 32.9 Å². The van der Waals surface area contributed by atoms with Crippen LogP contribution in [0.3, 0.4) is 0 Å². The number of hydrogen-bond acceptors (Lipinski definition) is 5. The number of thioether (sulfide) groups is 1. The Bertz CT molecular complexity index is 1220. The van der Waals surface area contributed by atoms with Gasteiger partial charge in [0.15, 0.2) is 0 Å². The number of carbonyl (C=O) groups is 2. The third-order valence-corrected chi connectivity index (χ3v) is 6.98. The number of esters is 1. The summed E-state index contributed by atoms with van der Waals surface area (Å²) < 4.78 is 8.44. The van der Waals surface area contributed by atoms with Crippen LogP contribution in [0.1, 0.15) is 18.1 Å². The summed E-state index contributed by atoms with van der Waals surface area (Å²) in [6.45, 7) is 2.77. The van der Waals surface area contributed by atoms with Crippen molar-refractivity contribution < 1.29 is 14.3 Å². The quantitative estimate of drug-likeness (QED) is 0.233. The third-order valence-electron chi connectivity index (χ3n) is 5.11. The van der Waals surface area contributed by atoms with Crippen molar-refractivity contribution in [3.05, 3.63) is 75.2 Å². The van der Waals surface area contributed by atoms with E-state index in [2.05, 4.69) is 15.9 Å². The van der Waals surface area contributed by atoms with Gasteiger partial charge in [0.05, 0.1) is 11.5 Å². The smallest absolute Gasteiger partial charge is 0.325 e. The topological polar surface area (TPSA) is 51.5 Å². The van der Waals surface area contributed by atoms with E-state index < -0.39 is 0 Å². The van der Waals surface area contributed by atoms with Gasteiger partial charge in [-0.25, -0.2) is 0 Å². The van der Waals surface area contributed by atoms with Crippen LogP contribution in [-0.4, -0.2) is 38.8 Å². The zero-order chi connectivity index (χ0) is 22.7. The molecule has 0 radical (unpaired) electrons. The third kappa shape index (κ3) is 4.98. The first-order valence-electron chi connectivity index (χ1n) is 10.2. The minimum atomic E-state index is -0.300. The second-order valence-corrected chi connectivity index (χ2v) is 9.84. The molecule has 164 valence electrons. The standard InChI is InChI=1S/C24H21BrN2O3S2/c1-2-30-22(28)15-26-14-17(19-13-18(25)8-9-20(19)26)12-21-23(29)27(24(31)32-21)11-10-16-6-4-3-5-7-16/h3-9,12-14H,2,10-11,15H2,1H3/b21-12-. The molecule has 1 aromatic heterocycles. The van der Waals surface area contributed by atoms with E-state index in [4.69, 9.17) is 17.0 Å². The van der Waals surface area contributed by atoms with Crippen molar-refractivity contribution in [2.24, 2.45) is 0 Å². The van der Waals surface area contributed by atoms with Crippen molar-refractivity contribution in [2.75, 3.05) is 13.2 Å². The van der Waals surface area contributed by atoms with E-state index in [1.54, 1.807) is 11.8 Å². The molecule has 1 amide bonds. The number of carbonyl (C=O) groups excluding carboxylic acids is 2. The predicted octanol–water partition coefficient (Wildman–Crippen LogP) is 5.41. The molecule has 1 saturated heterocycles. The van der Waals surface area contributed by atoms with E-state index in [9.17, 15) is 9.59 Å². The first kappa shape index (κ1) is 22.8. The first-order valence-corrected chi connectivity index (χ1v) is 12.2. The van der Waals surface area contributed by atoms with Crippen molar-refractivity contribution in [3.63, 3.8) is 0 Å². The summed E-state index contributed by atoms with van der Waals surface area (Å²) in [6, 6.07) is 15.9. The van der Waals surface area contributed by atoms with Gasteiger partial charge in [-0.2, -0.15) is 0 Å². The highest BCUT2D eigenvalue weighted by Gasteiger charge is 2.32. The maximum Gasteiger partial charge on any atom is 0.325 e. The van der Waals surface area contributed by atoms with E-state index in [1.165, 1.54) is 11.8 Å². The van der Waals surface area contributed by atoms with Crippen LogP contribution in [0.25, 0.3) is 17.0 Å². The van der Waals surface area contributed by atoms with Gasteiger partial charge in [-0.05, 0) is 43.2 Å². The van der Waals surface area contributed by atoms with Gasteiger partial charge >= 0.3 is 5.97 Å². The molecule has 0 N–H and O–H groups in total. The number of amides is 1. The average molecular weight is 529 g/mol. The Labute approximate surface area is 204 Å². The van der Waals surface area contributed by atoms with E-state index >= 15 is 0 Å². The summed E-state index contributed by atoms with van der Waals surface area (Å²) in [6.07, 6.45) is 4.48. The molecule has 0 bridgehead atoms. The number of rotatable bonds is 7. The largest absolute Gasteiger partial charge is 0.465 e. The molecule has 2 aromatic carbocycles. The molecule has 0 saturated carbocycles. The fourth-order valence-corrected chi connectivity index (χ4v) is 5.27. The number of aromatic nitrogens is 1. The number of fused-ring (bicyclic) bond motifs is 1. The molecule has 2 heterocycles. The molecule has 8 heteroatoms. The van der Waals surface area contributed by atoms with Crippen LogP contribution in [0, 0.1) is 0 Å². The number of benzene rings is 2. The molecule has 1 aliphatic rings. The van der Waals surface area contributed by atoms with Crippen molar-refractivity contribution in [2.45, 2.75) is 19.9 Å². The monoisotopic (exact) mass is 528 g/mol. The lowest BCUT2D eigenvalue weighted by Gasteiger charge is -2.14. The molecule has 0 atom stereocenters. The number of nitrogens with zero attached hydrogens (tertiary/aromatic N) is 2. The van der Waals surface area contributed by atoms with E-state index in [-0.39, 0.29) is 18.4 Å². The Morgan fingerprint density at radius 2 is 2.00 bits per heavy atom. The van der Waals surface area contributed by atoms with Gasteiger partial charge in [0, 0.05) is 33.7 Å². The van der Waals surface area contributed by atoms with Crippen LogP contribution in [0.5, 0.6) is 0 Å². The second kappa shape index (κ2) is 10.0. The lowest BCUT2D eigenvalue weighted by Crippen LogP contribution is -2.30. The van der Waals surface area contributed by atoms with Gasteiger partial charge in [-0.15, -0.1) is 0 Å². The fourth-order valence-electron chi connectivity index (χ4n) is 3.61. The highest BCUT2D eigenvalue weighted by atomic mass is 79.9. The molecule has 1 fully saturated rings. The summed E-state index contributed by atoms with van der Waals surface area (Å²) in [4.78, 5) is 27.4. The maximum absolute atomic E-state index is 13.1. The molecule has 5 nitrogen and oxygen atoms in total. The van der Waals surface area contributed by atoms with Crippen molar-refractivity contribution in [3.8, 4) is 0 Å². The van der Waals surface area contributed by atoms with Crippen molar-refractivity contribution in [1.82, 2.24) is 9.47 Å². The predicted molar refractivity (Wildman–Crippen MR) is 136 cm³/mol. The fraction of sp³-hybridized carbons (Fsp3) is 0.208. The van der Waals surface area contributed by atoms with Crippen LogP contribution in [-0.2, 0) is 27.3 Å². The van der Waals surface area contributed by atoms with Crippen LogP contribution >= 0.6 is 39.9 Å². The zero-order valence-corrected chi connectivity index (χ0v) is 20.6. The maximum atomic E-state index is 13.1. The summed E-state index contributed by atoms with van der Waals surface area (Å²) in [5, 5.41) is 0.943. The first-order chi connectivity index (χ1) is 15.5. The van der Waals surface area contributed by atoms with Crippen LogP contribution < -0.4 is 0 Å². The Kier molecular flexibility index (Phi) is 7.13. The number of hydrogen-bond donors (Lipinski definition) is 0. The Balaban J connectivity index is 1.60. The molecular formula is C24H21BrN2O3S2. The van der Waals surface area contributed by atoms with Gasteiger partial charge in [0.2, 0.25) is 0 Å². The van der Waals surface area contributed by atoms with Crippen LogP contribution in [0.4, 0.5) is 0 Å². The highest BCUT2D eigenvalue weighted by molar-refractivity contribution is 9.10. The summed E-state index contributed by atoms with van der Waals surface area (Å²) >= 11 is 10.3. The number of thiocarbonyl (C=S) groups is 1. The molecular weight excluding hydrogens is 508 g/mol. The molecule has 4 rings (SSSR count).